The Hall–Kier alpha value is -2.45. The number of aliphatic hydroxyl groups excluding tert-OH is 1. The van der Waals surface area contributed by atoms with Gasteiger partial charge in [0.1, 0.15) is 10.6 Å². The van der Waals surface area contributed by atoms with Crippen LogP contribution in [0.25, 0.3) is 10.9 Å². The minimum Gasteiger partial charge on any atom is -0.462 e. The van der Waals surface area contributed by atoms with Crippen LogP contribution in [0, 0.1) is 10.1 Å². The minimum atomic E-state index is -0.755. The molecule has 0 aliphatic rings. The van der Waals surface area contributed by atoms with Gasteiger partial charge in [-0.2, -0.15) is 0 Å². The molecule has 9 heteroatoms. The van der Waals surface area contributed by atoms with Crippen molar-refractivity contribution in [1.29, 1.82) is 0 Å². The van der Waals surface area contributed by atoms with E-state index in [0.29, 0.717) is 12.1 Å². The first-order valence-corrected chi connectivity index (χ1v) is 7.99. The number of benzene rings is 1. The van der Waals surface area contributed by atoms with Crippen molar-refractivity contribution in [2.75, 3.05) is 13.2 Å². The number of hydrogen-bond acceptors (Lipinski definition) is 6. The van der Waals surface area contributed by atoms with Gasteiger partial charge in [0, 0.05) is 25.4 Å². The zero-order valence-electron chi connectivity index (χ0n) is 14.1. The fourth-order valence-corrected chi connectivity index (χ4v) is 2.38. The van der Waals surface area contributed by atoms with Crippen molar-refractivity contribution in [2.45, 2.75) is 27.3 Å². The van der Waals surface area contributed by atoms with Gasteiger partial charge in [0.05, 0.1) is 22.4 Å². The average Bonchev–Trinajstić information content (AvgIpc) is 2.55. The Balaban J connectivity index is 0.000000970. The molecule has 8 nitrogen and oxygen atoms in total. The number of halogens is 1. The summed E-state index contributed by atoms with van der Waals surface area (Å²) in [5.74, 6) is -0.755. The summed E-state index contributed by atoms with van der Waals surface area (Å²) in [6.07, 6.45) is 1.38. The summed E-state index contributed by atoms with van der Waals surface area (Å²) in [6, 6.07) is 2.45. The van der Waals surface area contributed by atoms with Crippen molar-refractivity contribution in [1.82, 2.24) is 4.57 Å². The number of fused-ring (bicyclic) bond motifs is 1. The highest BCUT2D eigenvalue weighted by atomic mass is 35.5. The third-order valence-electron chi connectivity index (χ3n) is 3.18. The summed E-state index contributed by atoms with van der Waals surface area (Å²) in [5.41, 5.74) is -0.725. The Kier molecular flexibility index (Phi) is 7.53. The quantitative estimate of drug-likeness (QED) is 0.503. The Labute approximate surface area is 148 Å². The van der Waals surface area contributed by atoms with Gasteiger partial charge in [-0.1, -0.05) is 11.6 Å². The van der Waals surface area contributed by atoms with Crippen LogP contribution >= 0.6 is 11.6 Å². The van der Waals surface area contributed by atoms with E-state index < -0.39 is 16.3 Å². The molecule has 0 aliphatic heterocycles. The molecule has 136 valence electrons. The number of aliphatic hydroxyl groups is 1. The lowest BCUT2D eigenvalue weighted by atomic mass is 10.1. The number of nitro benzene ring substituents is 1. The second-order valence-corrected chi connectivity index (χ2v) is 5.18. The van der Waals surface area contributed by atoms with Gasteiger partial charge in [0.25, 0.3) is 5.69 Å². The van der Waals surface area contributed by atoms with Crippen LogP contribution in [0.5, 0.6) is 0 Å². The van der Waals surface area contributed by atoms with Gasteiger partial charge >= 0.3 is 5.97 Å². The number of carbonyl (C=O) groups excluding carboxylic acids is 1. The molecule has 2 aromatic rings. The Morgan fingerprint density at radius 2 is 1.96 bits per heavy atom. The fourth-order valence-electron chi connectivity index (χ4n) is 2.16. The molecule has 0 saturated carbocycles. The zero-order chi connectivity index (χ0) is 19.1. The predicted molar refractivity (Wildman–Crippen MR) is 94.3 cm³/mol. The number of ether oxygens (including phenoxy) is 1. The second-order valence-electron chi connectivity index (χ2n) is 4.77. The van der Waals surface area contributed by atoms with Crippen molar-refractivity contribution < 1.29 is 19.6 Å². The van der Waals surface area contributed by atoms with Gasteiger partial charge in [-0.25, -0.2) is 4.79 Å². The van der Waals surface area contributed by atoms with Gasteiger partial charge in [-0.15, -0.1) is 0 Å². The normalized spacial score (nSPS) is 10.1. The van der Waals surface area contributed by atoms with Gasteiger partial charge in [0.15, 0.2) is 0 Å². The molecular weight excluding hydrogens is 352 g/mol. The third kappa shape index (κ3) is 4.55. The molecule has 25 heavy (non-hydrogen) atoms. The topological polar surface area (TPSA) is 112 Å². The lowest BCUT2D eigenvalue weighted by molar-refractivity contribution is -0.384. The molecule has 1 aromatic carbocycles. The zero-order valence-corrected chi connectivity index (χ0v) is 14.9. The molecule has 0 aliphatic carbocycles. The van der Waals surface area contributed by atoms with Gasteiger partial charge in [0.2, 0.25) is 5.43 Å². The maximum atomic E-state index is 12.4. The van der Waals surface area contributed by atoms with Crippen LogP contribution in [0.4, 0.5) is 5.69 Å². The Morgan fingerprint density at radius 1 is 1.36 bits per heavy atom. The van der Waals surface area contributed by atoms with E-state index in [9.17, 15) is 19.7 Å². The van der Waals surface area contributed by atoms with E-state index in [-0.39, 0.29) is 34.9 Å². The molecule has 2 rings (SSSR count). The molecule has 0 atom stereocenters. The highest BCUT2D eigenvalue weighted by molar-refractivity contribution is 6.33. The van der Waals surface area contributed by atoms with Crippen molar-refractivity contribution in [2.24, 2.45) is 0 Å². The number of hydrogen-bond donors (Lipinski definition) is 1. The summed E-state index contributed by atoms with van der Waals surface area (Å²) >= 11 is 5.88. The smallest absolute Gasteiger partial charge is 0.343 e. The highest BCUT2D eigenvalue weighted by Crippen LogP contribution is 2.28. The molecule has 0 saturated heterocycles. The van der Waals surface area contributed by atoms with Crippen LogP contribution in [0.3, 0.4) is 0 Å². The second kappa shape index (κ2) is 9.14. The van der Waals surface area contributed by atoms with E-state index in [1.807, 2.05) is 6.92 Å². The Morgan fingerprint density at radius 3 is 2.44 bits per heavy atom. The lowest BCUT2D eigenvalue weighted by Gasteiger charge is -2.11. The third-order valence-corrected chi connectivity index (χ3v) is 3.48. The SMILES string of the molecule is CCO.CCOC(=O)c1cn(CC)c2cc(Cl)c([N+](=O)[O-])cc2c1=O. The molecule has 0 spiro atoms. The standard InChI is InChI=1S/C14H13ClN2O5.C2H6O/c1-3-16-7-9(14(19)22-4-2)13(18)8-5-12(17(20)21)10(15)6-11(8)16;1-2-3/h5-7H,3-4H2,1-2H3;3H,2H2,1H3. The van der Waals surface area contributed by atoms with Crippen molar-refractivity contribution >= 4 is 34.2 Å². The van der Waals surface area contributed by atoms with Crippen molar-refractivity contribution in [3.05, 3.63) is 49.3 Å². The van der Waals surface area contributed by atoms with Crippen LogP contribution in [0.15, 0.2) is 23.1 Å². The van der Waals surface area contributed by atoms with E-state index in [4.69, 9.17) is 21.4 Å². The van der Waals surface area contributed by atoms with Crippen LogP contribution < -0.4 is 5.43 Å². The largest absolute Gasteiger partial charge is 0.462 e. The maximum Gasteiger partial charge on any atom is 0.343 e. The molecule has 1 aromatic heterocycles. The van der Waals surface area contributed by atoms with Gasteiger partial charge in [-0.3, -0.25) is 14.9 Å². The molecular formula is C16H19ClN2O6. The maximum absolute atomic E-state index is 12.4. The molecule has 1 N–H and O–H groups in total. The average molecular weight is 371 g/mol. The number of esters is 1. The van der Waals surface area contributed by atoms with E-state index in [1.165, 1.54) is 12.3 Å². The first-order chi connectivity index (χ1) is 11.8. The lowest BCUT2D eigenvalue weighted by Crippen LogP contribution is -2.21. The van der Waals surface area contributed by atoms with Crippen LogP contribution in [0.2, 0.25) is 5.02 Å². The van der Waals surface area contributed by atoms with Gasteiger partial charge < -0.3 is 14.4 Å². The monoisotopic (exact) mass is 370 g/mol. The van der Waals surface area contributed by atoms with Gasteiger partial charge in [-0.05, 0) is 26.8 Å². The molecule has 0 amide bonds. The summed E-state index contributed by atoms with van der Waals surface area (Å²) in [4.78, 5) is 34.6. The molecule has 0 fully saturated rings. The first kappa shape index (κ1) is 20.6. The van der Waals surface area contributed by atoms with E-state index >= 15 is 0 Å². The van der Waals surface area contributed by atoms with E-state index in [0.717, 1.165) is 6.07 Å². The molecule has 1 heterocycles. The predicted octanol–water partition coefficient (Wildman–Crippen LogP) is 2.76. The number of carbonyl (C=O) groups is 1. The van der Waals surface area contributed by atoms with E-state index in [1.54, 1.807) is 18.4 Å². The van der Waals surface area contributed by atoms with Crippen molar-refractivity contribution in [3.8, 4) is 0 Å². The van der Waals surface area contributed by atoms with Crippen molar-refractivity contribution in [3.63, 3.8) is 0 Å². The first-order valence-electron chi connectivity index (χ1n) is 7.61. The molecule has 0 radical (unpaired) electrons. The summed E-state index contributed by atoms with van der Waals surface area (Å²) < 4.78 is 6.47. The number of nitro groups is 1. The van der Waals surface area contributed by atoms with Crippen LogP contribution in [-0.4, -0.2) is 33.8 Å². The Bertz CT molecular complexity index is 847. The highest BCUT2D eigenvalue weighted by Gasteiger charge is 2.20. The minimum absolute atomic E-state index is 0.0588. The molecule has 0 unspecified atom stereocenters. The number of rotatable bonds is 4. The summed E-state index contributed by atoms with van der Waals surface area (Å²) in [6.45, 7) is 5.95. The van der Waals surface area contributed by atoms with Crippen LogP contribution in [-0.2, 0) is 11.3 Å². The number of nitrogens with zero attached hydrogens (tertiary/aromatic N) is 2. The molecule has 0 bridgehead atoms. The number of aromatic nitrogens is 1. The van der Waals surface area contributed by atoms with Crippen LogP contribution in [0.1, 0.15) is 31.1 Å². The number of pyridine rings is 1. The number of aryl methyl sites for hydroxylation is 1. The van der Waals surface area contributed by atoms with E-state index in [2.05, 4.69) is 0 Å². The fraction of sp³-hybridized carbons (Fsp3) is 0.375. The summed E-state index contributed by atoms with van der Waals surface area (Å²) in [5, 5.41) is 18.5. The summed E-state index contributed by atoms with van der Waals surface area (Å²) in [7, 11) is 0.